The molecule has 0 aliphatic carbocycles. The number of rotatable bonds is 7. The summed E-state index contributed by atoms with van der Waals surface area (Å²) < 4.78 is 2.08. The largest absolute Gasteiger partial charge is 0.383 e. The van der Waals surface area contributed by atoms with E-state index in [1.165, 1.54) is 11.9 Å². The molecule has 0 unspecified atom stereocenters. The Morgan fingerprint density at radius 1 is 1.00 bits per heavy atom. The van der Waals surface area contributed by atoms with Crippen molar-refractivity contribution in [2.75, 3.05) is 18.8 Å². The van der Waals surface area contributed by atoms with Crippen LogP contribution in [-0.2, 0) is 6.54 Å². The van der Waals surface area contributed by atoms with E-state index >= 15 is 0 Å². The third-order valence-corrected chi connectivity index (χ3v) is 4.77. The van der Waals surface area contributed by atoms with Crippen LogP contribution in [0.3, 0.4) is 0 Å². The molecule has 6 heteroatoms. The maximum Gasteiger partial charge on any atom is 0.150 e. The predicted molar refractivity (Wildman–Crippen MR) is 114 cm³/mol. The number of nitrogens with one attached hydrogen (secondary N) is 1. The Hall–Kier alpha value is -3.22. The quantitative estimate of drug-likeness (QED) is 0.433. The lowest BCUT2D eigenvalue weighted by molar-refractivity contribution is 0.655. The number of aromatic nitrogens is 3. The van der Waals surface area contributed by atoms with Crippen LogP contribution in [0, 0.1) is 0 Å². The molecule has 28 heavy (non-hydrogen) atoms. The Balaban J connectivity index is 1.77. The van der Waals surface area contributed by atoms with Gasteiger partial charge >= 0.3 is 0 Å². The van der Waals surface area contributed by atoms with Crippen LogP contribution < -0.4 is 16.8 Å². The predicted octanol–water partition coefficient (Wildman–Crippen LogP) is 3.11. The summed E-state index contributed by atoms with van der Waals surface area (Å²) >= 11 is 0. The van der Waals surface area contributed by atoms with Gasteiger partial charge in [0.15, 0.2) is 5.65 Å². The van der Waals surface area contributed by atoms with Gasteiger partial charge in [0.05, 0.1) is 5.39 Å². The standard InChI is InChI=1S/C22H24N6/c23-10-5-11-25-13-16-6-4-9-18(12-16)28-14-19(17-7-2-1-3-8-17)20-21(24)26-15-27-22(20)28/h1-4,6-9,12,14-15,25H,5,10-11,13,23H2,(H2,24,26,27). The summed E-state index contributed by atoms with van der Waals surface area (Å²) in [5.74, 6) is 0.488. The molecule has 2 aromatic heterocycles. The highest BCUT2D eigenvalue weighted by Crippen LogP contribution is 2.34. The minimum absolute atomic E-state index is 0.488. The van der Waals surface area contributed by atoms with Gasteiger partial charge in [0.25, 0.3) is 0 Å². The van der Waals surface area contributed by atoms with Gasteiger partial charge in [-0.25, -0.2) is 9.97 Å². The molecule has 0 saturated heterocycles. The molecule has 142 valence electrons. The fourth-order valence-corrected chi connectivity index (χ4v) is 3.39. The number of fused-ring (bicyclic) bond motifs is 1. The molecule has 0 amide bonds. The van der Waals surface area contributed by atoms with Crippen molar-refractivity contribution in [3.05, 3.63) is 72.7 Å². The SMILES string of the molecule is NCCCNCc1cccc(-n2cc(-c3ccccc3)c3c(N)ncnc32)c1. The van der Waals surface area contributed by atoms with E-state index in [-0.39, 0.29) is 0 Å². The Kier molecular flexibility index (Phi) is 5.32. The Bertz CT molecular complexity index is 1070. The molecule has 5 N–H and O–H groups in total. The summed E-state index contributed by atoms with van der Waals surface area (Å²) in [5, 5.41) is 4.30. The minimum atomic E-state index is 0.488. The zero-order chi connectivity index (χ0) is 19.3. The Morgan fingerprint density at radius 2 is 1.86 bits per heavy atom. The van der Waals surface area contributed by atoms with Crippen LogP contribution in [0.25, 0.3) is 27.8 Å². The number of nitrogens with zero attached hydrogens (tertiary/aromatic N) is 3. The number of benzene rings is 2. The highest BCUT2D eigenvalue weighted by atomic mass is 15.1. The van der Waals surface area contributed by atoms with Crippen LogP contribution in [0.5, 0.6) is 0 Å². The average Bonchev–Trinajstić information content (AvgIpc) is 3.13. The first-order chi connectivity index (χ1) is 13.8. The molecular formula is C22H24N6. The number of hydrogen-bond donors (Lipinski definition) is 3. The first-order valence-corrected chi connectivity index (χ1v) is 9.45. The van der Waals surface area contributed by atoms with Crippen molar-refractivity contribution in [1.82, 2.24) is 19.9 Å². The molecule has 0 saturated carbocycles. The van der Waals surface area contributed by atoms with E-state index < -0.39 is 0 Å². The molecule has 0 spiro atoms. The van der Waals surface area contributed by atoms with Crippen molar-refractivity contribution in [3.63, 3.8) is 0 Å². The Labute approximate surface area is 164 Å². The van der Waals surface area contributed by atoms with Gasteiger partial charge < -0.3 is 21.4 Å². The number of nitrogen functional groups attached to an aromatic ring is 1. The highest BCUT2D eigenvalue weighted by molar-refractivity contribution is 6.01. The molecule has 0 atom stereocenters. The molecule has 2 heterocycles. The molecule has 6 nitrogen and oxygen atoms in total. The summed E-state index contributed by atoms with van der Waals surface area (Å²) in [7, 11) is 0. The van der Waals surface area contributed by atoms with Gasteiger partial charge in [0, 0.05) is 24.0 Å². The summed E-state index contributed by atoms with van der Waals surface area (Å²) in [5.41, 5.74) is 17.0. The van der Waals surface area contributed by atoms with Gasteiger partial charge in [-0.3, -0.25) is 0 Å². The molecule has 4 aromatic rings. The zero-order valence-electron chi connectivity index (χ0n) is 15.7. The Morgan fingerprint density at radius 3 is 2.68 bits per heavy atom. The van der Waals surface area contributed by atoms with E-state index in [9.17, 15) is 0 Å². The molecule has 2 aromatic carbocycles. The normalized spacial score (nSPS) is 11.2. The van der Waals surface area contributed by atoms with Gasteiger partial charge in [-0.1, -0.05) is 42.5 Å². The van der Waals surface area contributed by atoms with E-state index in [0.29, 0.717) is 12.4 Å². The maximum atomic E-state index is 6.23. The van der Waals surface area contributed by atoms with Crippen LogP contribution in [0.4, 0.5) is 5.82 Å². The third-order valence-electron chi connectivity index (χ3n) is 4.77. The second-order valence-electron chi connectivity index (χ2n) is 6.73. The van der Waals surface area contributed by atoms with E-state index in [4.69, 9.17) is 11.5 Å². The third kappa shape index (κ3) is 3.60. The van der Waals surface area contributed by atoms with Crippen LogP contribution in [0.15, 0.2) is 67.1 Å². The van der Waals surface area contributed by atoms with Gasteiger partial charge in [0.1, 0.15) is 12.1 Å². The smallest absolute Gasteiger partial charge is 0.150 e. The van der Waals surface area contributed by atoms with E-state index in [1.807, 2.05) is 18.2 Å². The lowest BCUT2D eigenvalue weighted by atomic mass is 10.1. The van der Waals surface area contributed by atoms with Crippen LogP contribution in [0.1, 0.15) is 12.0 Å². The monoisotopic (exact) mass is 372 g/mol. The molecule has 0 aliphatic rings. The molecule has 4 rings (SSSR count). The molecular weight excluding hydrogens is 348 g/mol. The number of anilines is 1. The second kappa shape index (κ2) is 8.21. The summed E-state index contributed by atoms with van der Waals surface area (Å²) in [6.45, 7) is 2.41. The van der Waals surface area contributed by atoms with E-state index in [2.05, 4.69) is 62.4 Å². The van der Waals surface area contributed by atoms with Gasteiger partial charge in [0.2, 0.25) is 0 Å². The number of hydrogen-bond acceptors (Lipinski definition) is 5. The van der Waals surface area contributed by atoms with E-state index in [1.54, 1.807) is 0 Å². The van der Waals surface area contributed by atoms with Crippen LogP contribution in [0.2, 0.25) is 0 Å². The summed E-state index contributed by atoms with van der Waals surface area (Å²) in [6, 6.07) is 18.6. The fourth-order valence-electron chi connectivity index (χ4n) is 3.39. The zero-order valence-corrected chi connectivity index (χ0v) is 15.7. The summed E-state index contributed by atoms with van der Waals surface area (Å²) in [4.78, 5) is 8.73. The molecule has 0 bridgehead atoms. The van der Waals surface area contributed by atoms with E-state index in [0.717, 1.165) is 47.4 Å². The van der Waals surface area contributed by atoms with Crippen molar-refractivity contribution in [3.8, 4) is 16.8 Å². The van der Waals surface area contributed by atoms with Crippen molar-refractivity contribution >= 4 is 16.9 Å². The first kappa shape index (κ1) is 18.2. The lowest BCUT2D eigenvalue weighted by Gasteiger charge is -2.08. The van der Waals surface area contributed by atoms with Crippen molar-refractivity contribution in [2.24, 2.45) is 5.73 Å². The lowest BCUT2D eigenvalue weighted by Crippen LogP contribution is -2.17. The molecule has 0 aliphatic heterocycles. The number of nitrogens with two attached hydrogens (primary N) is 2. The first-order valence-electron chi connectivity index (χ1n) is 9.45. The maximum absolute atomic E-state index is 6.23. The molecule has 0 radical (unpaired) electrons. The minimum Gasteiger partial charge on any atom is -0.383 e. The highest BCUT2D eigenvalue weighted by Gasteiger charge is 2.16. The van der Waals surface area contributed by atoms with Crippen molar-refractivity contribution in [2.45, 2.75) is 13.0 Å². The average molecular weight is 372 g/mol. The van der Waals surface area contributed by atoms with Gasteiger partial charge in [-0.2, -0.15) is 0 Å². The second-order valence-corrected chi connectivity index (χ2v) is 6.73. The van der Waals surface area contributed by atoms with Crippen molar-refractivity contribution < 1.29 is 0 Å². The summed E-state index contributed by atoms with van der Waals surface area (Å²) in [6.07, 6.45) is 4.58. The van der Waals surface area contributed by atoms with Gasteiger partial charge in [-0.05, 0) is 42.8 Å². The van der Waals surface area contributed by atoms with Gasteiger partial charge in [-0.15, -0.1) is 0 Å². The van der Waals surface area contributed by atoms with Crippen molar-refractivity contribution in [1.29, 1.82) is 0 Å². The molecule has 0 fully saturated rings. The van der Waals surface area contributed by atoms with Crippen LogP contribution in [-0.4, -0.2) is 27.6 Å². The fraction of sp³-hybridized carbons (Fsp3) is 0.182. The topological polar surface area (TPSA) is 94.8 Å². The van der Waals surface area contributed by atoms with Crippen LogP contribution >= 0.6 is 0 Å².